The molecule has 1 saturated heterocycles. The van der Waals surface area contributed by atoms with E-state index >= 15 is 0 Å². The minimum atomic E-state index is -0.750. The molecule has 8 heteroatoms. The molecule has 1 amide bonds. The van der Waals surface area contributed by atoms with Gasteiger partial charge in [-0.05, 0) is 58.5 Å². The SMILES string of the molecule is CC1(C)OB(c2cc(C(=O)NC3CCC3)cc([N+](=O)[O-])c2)OC1(C)C. The summed E-state index contributed by atoms with van der Waals surface area (Å²) in [7, 11) is -0.750. The number of nitro benzene ring substituents is 1. The molecule has 3 rings (SSSR count). The standard InChI is InChI=1S/C17H23BN2O5/c1-16(2)17(3,4)25-18(24-16)12-8-11(9-14(10-12)20(22)23)15(21)19-13-6-5-7-13/h8-10,13H,5-7H2,1-4H3,(H,19,21). The summed E-state index contributed by atoms with van der Waals surface area (Å²) < 4.78 is 11.9. The van der Waals surface area contributed by atoms with Crippen LogP contribution >= 0.6 is 0 Å². The van der Waals surface area contributed by atoms with E-state index in [1.807, 2.05) is 27.7 Å². The van der Waals surface area contributed by atoms with Crippen molar-refractivity contribution in [2.75, 3.05) is 0 Å². The highest BCUT2D eigenvalue weighted by Gasteiger charge is 2.52. The second kappa shape index (κ2) is 6.11. The molecule has 0 spiro atoms. The quantitative estimate of drug-likeness (QED) is 0.513. The fraction of sp³-hybridized carbons (Fsp3) is 0.588. The Labute approximate surface area is 147 Å². The zero-order valence-corrected chi connectivity index (χ0v) is 15.0. The zero-order chi connectivity index (χ0) is 18.4. The number of hydrogen-bond donors (Lipinski definition) is 1. The number of hydrogen-bond acceptors (Lipinski definition) is 5. The van der Waals surface area contributed by atoms with Crippen LogP contribution in [0.15, 0.2) is 18.2 Å². The van der Waals surface area contributed by atoms with E-state index in [0.717, 1.165) is 19.3 Å². The highest BCUT2D eigenvalue weighted by Crippen LogP contribution is 2.36. The average Bonchev–Trinajstić information content (AvgIpc) is 2.70. The van der Waals surface area contributed by atoms with Gasteiger partial charge in [-0.1, -0.05) is 0 Å². The molecule has 1 saturated carbocycles. The predicted octanol–water partition coefficient (Wildman–Crippen LogP) is 2.18. The lowest BCUT2D eigenvalue weighted by atomic mass is 9.78. The van der Waals surface area contributed by atoms with Gasteiger partial charge in [-0.25, -0.2) is 0 Å². The van der Waals surface area contributed by atoms with Crippen molar-refractivity contribution in [1.29, 1.82) is 0 Å². The van der Waals surface area contributed by atoms with E-state index in [0.29, 0.717) is 5.46 Å². The molecule has 0 atom stereocenters. The van der Waals surface area contributed by atoms with Crippen molar-refractivity contribution >= 4 is 24.2 Å². The van der Waals surface area contributed by atoms with Gasteiger partial charge < -0.3 is 14.6 Å². The second-order valence-electron chi connectivity index (χ2n) is 7.76. The summed E-state index contributed by atoms with van der Waals surface area (Å²) >= 11 is 0. The molecular weight excluding hydrogens is 323 g/mol. The molecule has 0 aromatic heterocycles. The van der Waals surface area contributed by atoms with Crippen LogP contribution in [-0.4, -0.2) is 35.2 Å². The van der Waals surface area contributed by atoms with Gasteiger partial charge in [0.25, 0.3) is 11.6 Å². The van der Waals surface area contributed by atoms with Crippen LogP contribution in [-0.2, 0) is 9.31 Å². The third kappa shape index (κ3) is 3.41. The third-order valence-electron chi connectivity index (χ3n) is 5.38. The number of carbonyl (C=O) groups excluding carboxylic acids is 1. The van der Waals surface area contributed by atoms with E-state index < -0.39 is 23.2 Å². The molecule has 1 heterocycles. The Bertz CT molecular complexity index is 699. The van der Waals surface area contributed by atoms with Crippen molar-refractivity contribution in [3.63, 3.8) is 0 Å². The van der Waals surface area contributed by atoms with Gasteiger partial charge >= 0.3 is 7.12 Å². The van der Waals surface area contributed by atoms with Crippen molar-refractivity contribution < 1.29 is 19.0 Å². The van der Waals surface area contributed by atoms with Crippen LogP contribution in [0.5, 0.6) is 0 Å². The fourth-order valence-corrected chi connectivity index (χ4v) is 2.81. The monoisotopic (exact) mass is 346 g/mol. The summed E-state index contributed by atoms with van der Waals surface area (Å²) in [6, 6.07) is 4.47. The van der Waals surface area contributed by atoms with Crippen molar-refractivity contribution in [1.82, 2.24) is 5.32 Å². The smallest absolute Gasteiger partial charge is 0.399 e. The van der Waals surface area contributed by atoms with Crippen LogP contribution in [0.2, 0.25) is 0 Å². The first-order valence-electron chi connectivity index (χ1n) is 8.55. The van der Waals surface area contributed by atoms with E-state index in [1.54, 1.807) is 6.07 Å². The van der Waals surface area contributed by atoms with Gasteiger partial charge in [-0.15, -0.1) is 0 Å². The Hall–Kier alpha value is -1.93. The Morgan fingerprint density at radius 2 is 1.80 bits per heavy atom. The van der Waals surface area contributed by atoms with Gasteiger partial charge in [0, 0.05) is 23.7 Å². The molecule has 134 valence electrons. The molecule has 1 N–H and O–H groups in total. The molecule has 1 aliphatic heterocycles. The summed E-state index contributed by atoms with van der Waals surface area (Å²) in [5.41, 5.74) is -0.531. The molecule has 0 radical (unpaired) electrons. The van der Waals surface area contributed by atoms with Gasteiger partial charge in [0.15, 0.2) is 0 Å². The summed E-state index contributed by atoms with van der Waals surface area (Å²) in [6.45, 7) is 7.65. The normalized spacial score (nSPS) is 21.7. The minimum absolute atomic E-state index is 0.147. The van der Waals surface area contributed by atoms with E-state index in [2.05, 4.69) is 5.32 Å². The molecule has 2 fully saturated rings. The summed E-state index contributed by atoms with van der Waals surface area (Å²) in [4.78, 5) is 23.2. The Kier molecular flexibility index (Phi) is 4.37. The number of benzene rings is 1. The minimum Gasteiger partial charge on any atom is -0.399 e. The number of non-ortho nitro benzene ring substituents is 1. The van der Waals surface area contributed by atoms with E-state index in [4.69, 9.17) is 9.31 Å². The van der Waals surface area contributed by atoms with Crippen LogP contribution in [0.1, 0.15) is 57.3 Å². The van der Waals surface area contributed by atoms with E-state index in [9.17, 15) is 14.9 Å². The van der Waals surface area contributed by atoms with Gasteiger partial charge in [0.1, 0.15) is 0 Å². The zero-order valence-electron chi connectivity index (χ0n) is 15.0. The molecule has 7 nitrogen and oxygen atoms in total. The van der Waals surface area contributed by atoms with Crippen molar-refractivity contribution in [3.8, 4) is 0 Å². The van der Waals surface area contributed by atoms with Crippen molar-refractivity contribution in [2.24, 2.45) is 0 Å². The summed E-state index contributed by atoms with van der Waals surface area (Å²) in [6.07, 6.45) is 2.99. The Balaban J connectivity index is 1.91. The lowest BCUT2D eigenvalue weighted by molar-refractivity contribution is -0.384. The molecular formula is C17H23BN2O5. The second-order valence-corrected chi connectivity index (χ2v) is 7.76. The third-order valence-corrected chi connectivity index (χ3v) is 5.38. The van der Waals surface area contributed by atoms with Crippen molar-refractivity contribution in [2.45, 2.75) is 64.2 Å². The van der Waals surface area contributed by atoms with Crippen LogP contribution in [0, 0.1) is 10.1 Å². The Morgan fingerprint density at radius 1 is 1.20 bits per heavy atom. The molecule has 1 aliphatic carbocycles. The molecule has 0 unspecified atom stereocenters. The number of amides is 1. The highest BCUT2D eigenvalue weighted by atomic mass is 16.7. The topological polar surface area (TPSA) is 90.7 Å². The highest BCUT2D eigenvalue weighted by molar-refractivity contribution is 6.62. The maximum absolute atomic E-state index is 12.4. The van der Waals surface area contributed by atoms with E-state index in [-0.39, 0.29) is 23.2 Å². The molecule has 0 bridgehead atoms. The first kappa shape index (κ1) is 17.9. The average molecular weight is 346 g/mol. The number of rotatable bonds is 4. The van der Waals surface area contributed by atoms with Crippen LogP contribution < -0.4 is 10.8 Å². The number of nitro groups is 1. The van der Waals surface area contributed by atoms with Gasteiger partial charge in [-0.3, -0.25) is 14.9 Å². The maximum Gasteiger partial charge on any atom is 0.495 e. The number of nitrogens with one attached hydrogen (secondary N) is 1. The fourth-order valence-electron chi connectivity index (χ4n) is 2.81. The van der Waals surface area contributed by atoms with E-state index in [1.165, 1.54) is 12.1 Å². The first-order valence-corrected chi connectivity index (χ1v) is 8.55. The number of carbonyl (C=O) groups is 1. The largest absolute Gasteiger partial charge is 0.495 e. The van der Waals surface area contributed by atoms with Crippen molar-refractivity contribution in [3.05, 3.63) is 33.9 Å². The molecule has 1 aromatic rings. The maximum atomic E-state index is 12.4. The lowest BCUT2D eigenvalue weighted by Gasteiger charge is -2.32. The van der Waals surface area contributed by atoms with Crippen LogP contribution in [0.4, 0.5) is 5.69 Å². The number of nitrogens with zero attached hydrogens (tertiary/aromatic N) is 1. The van der Waals surface area contributed by atoms with Gasteiger partial charge in [0.05, 0.1) is 16.1 Å². The van der Waals surface area contributed by atoms with Gasteiger partial charge in [-0.2, -0.15) is 0 Å². The van der Waals surface area contributed by atoms with Crippen LogP contribution in [0.3, 0.4) is 0 Å². The Morgan fingerprint density at radius 3 is 2.28 bits per heavy atom. The lowest BCUT2D eigenvalue weighted by Crippen LogP contribution is -2.41. The summed E-state index contributed by atoms with van der Waals surface area (Å²) in [5.74, 6) is -0.300. The predicted molar refractivity (Wildman–Crippen MR) is 93.9 cm³/mol. The molecule has 1 aromatic carbocycles. The molecule has 2 aliphatic rings. The first-order chi connectivity index (χ1) is 11.6. The van der Waals surface area contributed by atoms with Gasteiger partial charge in [0.2, 0.25) is 0 Å². The summed E-state index contributed by atoms with van der Waals surface area (Å²) in [5, 5.41) is 14.2. The van der Waals surface area contributed by atoms with Crippen LogP contribution in [0.25, 0.3) is 0 Å². The molecule has 25 heavy (non-hydrogen) atoms.